The van der Waals surface area contributed by atoms with Crippen molar-refractivity contribution in [1.29, 1.82) is 5.26 Å². The minimum Gasteiger partial charge on any atom is -0.244 e. The number of hydrogen-bond donors (Lipinski definition) is 1. The molecule has 1 aromatic rings. The minimum absolute atomic E-state index is 0.0375. The van der Waals surface area contributed by atoms with E-state index >= 15 is 0 Å². The van der Waals surface area contributed by atoms with E-state index in [4.69, 9.17) is 5.26 Å². The Morgan fingerprint density at radius 3 is 3.00 bits per heavy atom. The molecule has 1 saturated carbocycles. The van der Waals surface area contributed by atoms with Crippen molar-refractivity contribution in [1.82, 2.24) is 9.71 Å². The van der Waals surface area contributed by atoms with Crippen LogP contribution in [0.2, 0.25) is 0 Å². The molecule has 1 aliphatic carbocycles. The molecule has 0 aromatic carbocycles. The summed E-state index contributed by atoms with van der Waals surface area (Å²) in [5, 5.41) is 8.94. The van der Waals surface area contributed by atoms with Gasteiger partial charge in [-0.1, -0.05) is 26.2 Å². The third kappa shape index (κ3) is 4.26. The first-order chi connectivity index (χ1) is 10.0. The van der Waals surface area contributed by atoms with Crippen LogP contribution in [0.25, 0.3) is 0 Å². The summed E-state index contributed by atoms with van der Waals surface area (Å²) < 4.78 is 27.0. The van der Waals surface area contributed by atoms with E-state index in [1.165, 1.54) is 44.0 Å². The highest BCUT2D eigenvalue weighted by Crippen LogP contribution is 2.30. The van der Waals surface area contributed by atoms with Crippen molar-refractivity contribution in [2.75, 3.05) is 6.54 Å². The van der Waals surface area contributed by atoms with Gasteiger partial charge in [0.2, 0.25) is 10.0 Å². The standard InChI is InChI=1S/C15H21N3O2S/c1-12-4-2-5-13(10-12)7-9-18-21(19,20)15-6-3-8-17-14(15)11-16/h3,6,8,12-13,18H,2,4-5,7,9-10H2,1H3. The molecule has 2 atom stereocenters. The molecular formula is C15H21N3O2S. The highest BCUT2D eigenvalue weighted by atomic mass is 32.2. The van der Waals surface area contributed by atoms with E-state index in [0.29, 0.717) is 12.5 Å². The largest absolute Gasteiger partial charge is 0.244 e. The molecule has 2 unspecified atom stereocenters. The van der Waals surface area contributed by atoms with Crippen molar-refractivity contribution in [3.8, 4) is 6.07 Å². The summed E-state index contributed by atoms with van der Waals surface area (Å²) >= 11 is 0. The molecule has 0 aliphatic heterocycles. The molecule has 0 spiro atoms. The Hall–Kier alpha value is -1.45. The van der Waals surface area contributed by atoms with Crippen LogP contribution in [0.4, 0.5) is 0 Å². The fraction of sp³-hybridized carbons (Fsp3) is 0.600. The molecule has 6 heteroatoms. The SMILES string of the molecule is CC1CCCC(CCNS(=O)(=O)c2cccnc2C#N)C1. The third-order valence-corrected chi connectivity index (χ3v) is 5.55. The van der Waals surface area contributed by atoms with Crippen molar-refractivity contribution >= 4 is 10.0 Å². The maximum Gasteiger partial charge on any atom is 0.243 e. The average Bonchev–Trinajstić information content (AvgIpc) is 2.47. The number of rotatable bonds is 5. The van der Waals surface area contributed by atoms with Crippen LogP contribution in [0.5, 0.6) is 0 Å². The van der Waals surface area contributed by atoms with E-state index in [1.807, 2.05) is 6.07 Å². The normalized spacial score (nSPS) is 22.7. The van der Waals surface area contributed by atoms with Crippen molar-refractivity contribution in [3.63, 3.8) is 0 Å². The minimum atomic E-state index is -3.65. The lowest BCUT2D eigenvalue weighted by Gasteiger charge is -2.26. The second kappa shape index (κ2) is 7.01. The van der Waals surface area contributed by atoms with E-state index in [-0.39, 0.29) is 10.6 Å². The predicted octanol–water partition coefficient (Wildman–Crippen LogP) is 2.45. The van der Waals surface area contributed by atoms with Crippen LogP contribution in [-0.4, -0.2) is 19.9 Å². The number of hydrogen-bond acceptors (Lipinski definition) is 4. The monoisotopic (exact) mass is 307 g/mol. The number of sulfonamides is 1. The van der Waals surface area contributed by atoms with Gasteiger partial charge in [-0.3, -0.25) is 0 Å². The molecule has 21 heavy (non-hydrogen) atoms. The van der Waals surface area contributed by atoms with Gasteiger partial charge in [-0.25, -0.2) is 18.1 Å². The van der Waals surface area contributed by atoms with Gasteiger partial charge >= 0.3 is 0 Å². The Labute approximate surface area is 126 Å². The summed E-state index contributed by atoms with van der Waals surface area (Å²) in [6.45, 7) is 2.67. The lowest BCUT2D eigenvalue weighted by Crippen LogP contribution is -2.28. The second-order valence-electron chi connectivity index (χ2n) is 5.79. The van der Waals surface area contributed by atoms with Crippen LogP contribution in [-0.2, 0) is 10.0 Å². The Bertz CT molecular complexity index is 622. The van der Waals surface area contributed by atoms with Gasteiger partial charge in [0.15, 0.2) is 5.69 Å². The van der Waals surface area contributed by atoms with E-state index in [9.17, 15) is 8.42 Å². The molecule has 0 bridgehead atoms. The van der Waals surface area contributed by atoms with E-state index in [1.54, 1.807) is 0 Å². The molecule has 1 aliphatic rings. The maximum absolute atomic E-state index is 12.2. The van der Waals surface area contributed by atoms with Crippen molar-refractivity contribution in [2.24, 2.45) is 11.8 Å². The van der Waals surface area contributed by atoms with Crippen LogP contribution in [0.3, 0.4) is 0 Å². The molecule has 0 saturated heterocycles. The fourth-order valence-electron chi connectivity index (χ4n) is 2.99. The number of nitrogens with one attached hydrogen (secondary N) is 1. The van der Waals surface area contributed by atoms with Gasteiger partial charge in [-0.2, -0.15) is 5.26 Å². The quantitative estimate of drug-likeness (QED) is 0.905. The molecule has 114 valence electrons. The Balaban J connectivity index is 1.94. The average molecular weight is 307 g/mol. The molecule has 1 N–H and O–H groups in total. The summed E-state index contributed by atoms with van der Waals surface area (Å²) in [4.78, 5) is 3.75. The first-order valence-corrected chi connectivity index (χ1v) is 8.86. The predicted molar refractivity (Wildman–Crippen MR) is 79.9 cm³/mol. The molecule has 2 rings (SSSR count). The van der Waals surface area contributed by atoms with E-state index < -0.39 is 10.0 Å². The van der Waals surface area contributed by atoms with Crippen LogP contribution < -0.4 is 4.72 Å². The molecular weight excluding hydrogens is 286 g/mol. The van der Waals surface area contributed by atoms with E-state index in [2.05, 4.69) is 16.6 Å². The van der Waals surface area contributed by atoms with Gasteiger partial charge in [-0.05, 0) is 36.8 Å². The van der Waals surface area contributed by atoms with Crippen LogP contribution >= 0.6 is 0 Å². The third-order valence-electron chi connectivity index (χ3n) is 4.06. The second-order valence-corrected chi connectivity index (χ2v) is 7.52. The molecule has 1 heterocycles. The van der Waals surface area contributed by atoms with Gasteiger partial charge in [0.25, 0.3) is 0 Å². The Kier molecular flexibility index (Phi) is 5.32. The first-order valence-electron chi connectivity index (χ1n) is 7.37. The number of nitrogens with zero attached hydrogens (tertiary/aromatic N) is 2. The van der Waals surface area contributed by atoms with Crippen LogP contribution in [0, 0.1) is 23.2 Å². The zero-order chi connectivity index (χ0) is 15.3. The van der Waals surface area contributed by atoms with Crippen molar-refractivity contribution < 1.29 is 8.42 Å². The van der Waals surface area contributed by atoms with Gasteiger partial charge < -0.3 is 0 Å². The zero-order valence-corrected chi connectivity index (χ0v) is 13.1. The Morgan fingerprint density at radius 2 is 2.29 bits per heavy atom. The van der Waals surface area contributed by atoms with Gasteiger partial charge in [0.1, 0.15) is 11.0 Å². The van der Waals surface area contributed by atoms with Crippen LogP contribution in [0.15, 0.2) is 23.2 Å². The summed E-state index contributed by atoms with van der Waals surface area (Å²) in [7, 11) is -3.65. The lowest BCUT2D eigenvalue weighted by atomic mass is 9.81. The molecule has 0 radical (unpaired) electrons. The number of pyridine rings is 1. The molecule has 0 amide bonds. The highest BCUT2D eigenvalue weighted by Gasteiger charge is 2.21. The summed E-state index contributed by atoms with van der Waals surface area (Å²) in [6.07, 6.45) is 7.15. The van der Waals surface area contributed by atoms with Crippen molar-refractivity contribution in [2.45, 2.75) is 43.9 Å². The Morgan fingerprint density at radius 1 is 1.48 bits per heavy atom. The summed E-state index contributed by atoms with van der Waals surface area (Å²) in [5.74, 6) is 1.34. The molecule has 1 fully saturated rings. The topological polar surface area (TPSA) is 82.8 Å². The summed E-state index contributed by atoms with van der Waals surface area (Å²) in [6, 6.07) is 4.76. The maximum atomic E-state index is 12.2. The first kappa shape index (κ1) is 15.9. The fourth-order valence-corrected chi connectivity index (χ4v) is 4.14. The zero-order valence-electron chi connectivity index (χ0n) is 12.2. The summed E-state index contributed by atoms with van der Waals surface area (Å²) in [5.41, 5.74) is -0.0590. The van der Waals surface area contributed by atoms with Crippen LogP contribution in [0.1, 0.15) is 44.7 Å². The van der Waals surface area contributed by atoms with Gasteiger partial charge in [0, 0.05) is 12.7 Å². The van der Waals surface area contributed by atoms with Gasteiger partial charge in [0.05, 0.1) is 0 Å². The van der Waals surface area contributed by atoms with E-state index in [0.717, 1.165) is 12.3 Å². The van der Waals surface area contributed by atoms with Crippen molar-refractivity contribution in [3.05, 3.63) is 24.0 Å². The smallest absolute Gasteiger partial charge is 0.243 e. The molecule has 1 aromatic heterocycles. The highest BCUT2D eigenvalue weighted by molar-refractivity contribution is 7.89. The van der Waals surface area contributed by atoms with Gasteiger partial charge in [-0.15, -0.1) is 0 Å². The molecule has 5 nitrogen and oxygen atoms in total. The lowest BCUT2D eigenvalue weighted by molar-refractivity contribution is 0.271. The number of nitriles is 1. The number of aromatic nitrogens is 1.